The Morgan fingerprint density at radius 2 is 1.43 bits per heavy atom. The maximum absolute atomic E-state index is 13.1. The molecule has 0 saturated heterocycles. The van der Waals surface area contributed by atoms with Crippen molar-refractivity contribution < 1.29 is 18.4 Å². The molecule has 0 saturated carbocycles. The number of hydrogen-bond donors (Lipinski definition) is 3. The number of aryl methyl sites for hydroxylation is 2. The highest BCUT2D eigenvalue weighted by molar-refractivity contribution is 7.99. The van der Waals surface area contributed by atoms with E-state index >= 15 is 0 Å². The van der Waals surface area contributed by atoms with E-state index in [9.17, 15) is 18.4 Å². The first-order chi connectivity index (χ1) is 22.5. The summed E-state index contributed by atoms with van der Waals surface area (Å²) >= 11 is 1.62. The van der Waals surface area contributed by atoms with Gasteiger partial charge in [0.1, 0.15) is 6.29 Å². The Morgan fingerprint density at radius 3 is 1.96 bits per heavy atom. The molecular formula is C38H50F2N4O2S. The van der Waals surface area contributed by atoms with Gasteiger partial charge < -0.3 is 20.3 Å². The molecule has 47 heavy (non-hydrogen) atoms. The van der Waals surface area contributed by atoms with Gasteiger partial charge in [-0.2, -0.15) is 0 Å². The second kappa shape index (κ2) is 24.2. The molecule has 1 amide bonds. The standard InChI is InChI=1S/C13H18F2N2O.C10H13NOS.C8H11N.C7H8/c1-13(14,15)12-5-2-4-11(8-12)9-16-6-3-7-17-10-18;1-8-4-9(7-12)6-10(5-8)11(2)13-3;1-9-7-8-5-3-2-4-6-8;1-7-5-3-2-4-6-7/h2,4-5,8,10,16H,3,6-7,9H2,1H3,(H,17,18);4-7H,1-3H3;2-6,9H,7H2,1H3;2-6H,1H3. The second-order valence-electron chi connectivity index (χ2n) is 10.8. The molecule has 0 aliphatic carbocycles. The van der Waals surface area contributed by atoms with Crippen molar-refractivity contribution in [1.82, 2.24) is 16.0 Å². The highest BCUT2D eigenvalue weighted by Crippen LogP contribution is 2.27. The first-order valence-corrected chi connectivity index (χ1v) is 16.6. The lowest BCUT2D eigenvalue weighted by molar-refractivity contribution is -0.109. The van der Waals surface area contributed by atoms with Crippen molar-refractivity contribution in [1.29, 1.82) is 0 Å². The predicted octanol–water partition coefficient (Wildman–Crippen LogP) is 7.95. The normalized spacial score (nSPS) is 10.1. The second-order valence-corrected chi connectivity index (χ2v) is 11.7. The Balaban J connectivity index is 0.000000332. The van der Waals surface area contributed by atoms with Crippen molar-refractivity contribution in [3.8, 4) is 0 Å². The van der Waals surface area contributed by atoms with Crippen LogP contribution in [0.5, 0.6) is 0 Å². The number of nitrogens with zero attached hydrogens (tertiary/aromatic N) is 1. The fourth-order valence-electron chi connectivity index (χ4n) is 4.04. The van der Waals surface area contributed by atoms with Crippen molar-refractivity contribution in [2.24, 2.45) is 0 Å². The van der Waals surface area contributed by atoms with Gasteiger partial charge in [0.2, 0.25) is 6.41 Å². The quantitative estimate of drug-likeness (QED) is 0.0766. The summed E-state index contributed by atoms with van der Waals surface area (Å²) in [4.78, 5) is 20.6. The highest BCUT2D eigenvalue weighted by atomic mass is 32.2. The molecular weight excluding hydrogens is 615 g/mol. The summed E-state index contributed by atoms with van der Waals surface area (Å²) < 4.78 is 28.2. The van der Waals surface area contributed by atoms with Crippen molar-refractivity contribution in [2.45, 2.75) is 46.2 Å². The summed E-state index contributed by atoms with van der Waals surface area (Å²) in [6, 6.07) is 32.8. The molecule has 0 unspecified atom stereocenters. The third-order valence-corrected chi connectivity index (χ3v) is 7.30. The summed E-state index contributed by atoms with van der Waals surface area (Å²) in [6.45, 7) is 7.82. The number of hydrogen-bond acceptors (Lipinski definition) is 6. The van der Waals surface area contributed by atoms with Crippen LogP contribution in [0.4, 0.5) is 14.5 Å². The van der Waals surface area contributed by atoms with Crippen LogP contribution in [0, 0.1) is 13.8 Å². The van der Waals surface area contributed by atoms with E-state index in [4.69, 9.17) is 0 Å². The molecule has 0 bridgehead atoms. The van der Waals surface area contributed by atoms with E-state index in [2.05, 4.69) is 53.2 Å². The molecule has 9 heteroatoms. The number of benzene rings is 4. The lowest BCUT2D eigenvalue weighted by Gasteiger charge is -2.16. The van der Waals surface area contributed by atoms with Crippen LogP contribution in [0.15, 0.2) is 103 Å². The van der Waals surface area contributed by atoms with Gasteiger partial charge in [0.25, 0.3) is 5.92 Å². The van der Waals surface area contributed by atoms with Gasteiger partial charge in [-0.3, -0.25) is 9.59 Å². The zero-order chi connectivity index (χ0) is 34.9. The third kappa shape index (κ3) is 19.3. The first-order valence-electron chi connectivity index (χ1n) is 15.4. The Kier molecular flexibility index (Phi) is 21.1. The monoisotopic (exact) mass is 664 g/mol. The van der Waals surface area contributed by atoms with E-state index in [1.165, 1.54) is 23.3 Å². The molecule has 0 aromatic heterocycles. The Hall–Kier alpha value is -4.05. The molecule has 4 aromatic carbocycles. The van der Waals surface area contributed by atoms with E-state index in [0.29, 0.717) is 19.5 Å². The van der Waals surface area contributed by atoms with Crippen LogP contribution in [-0.4, -0.2) is 46.1 Å². The van der Waals surface area contributed by atoms with Gasteiger partial charge in [-0.15, -0.1) is 0 Å². The van der Waals surface area contributed by atoms with Crippen LogP contribution in [-0.2, 0) is 23.8 Å². The fourth-order valence-corrected chi connectivity index (χ4v) is 4.36. The summed E-state index contributed by atoms with van der Waals surface area (Å²) in [7, 11) is 3.93. The summed E-state index contributed by atoms with van der Waals surface area (Å²) in [6.07, 6.45) is 4.35. The van der Waals surface area contributed by atoms with Gasteiger partial charge in [0.15, 0.2) is 0 Å². The van der Waals surface area contributed by atoms with Crippen LogP contribution in [0.2, 0.25) is 0 Å². The zero-order valence-corrected chi connectivity index (χ0v) is 29.2. The number of nitrogens with one attached hydrogen (secondary N) is 3. The van der Waals surface area contributed by atoms with E-state index in [1.54, 1.807) is 18.0 Å². The molecule has 0 heterocycles. The topological polar surface area (TPSA) is 73.5 Å². The Morgan fingerprint density at radius 1 is 0.787 bits per heavy atom. The average molecular weight is 665 g/mol. The van der Waals surface area contributed by atoms with E-state index in [0.717, 1.165) is 55.1 Å². The molecule has 6 nitrogen and oxygen atoms in total. The number of rotatable bonds is 13. The van der Waals surface area contributed by atoms with Crippen LogP contribution in [0.25, 0.3) is 0 Å². The van der Waals surface area contributed by atoms with Gasteiger partial charge in [-0.05, 0) is 74.8 Å². The number of anilines is 1. The molecule has 3 N–H and O–H groups in total. The van der Waals surface area contributed by atoms with Crippen LogP contribution < -0.4 is 20.3 Å². The molecule has 4 aromatic rings. The lowest BCUT2D eigenvalue weighted by atomic mass is 10.1. The third-order valence-electron chi connectivity index (χ3n) is 6.54. The molecule has 0 atom stereocenters. The van der Waals surface area contributed by atoms with Crippen molar-refractivity contribution in [2.75, 3.05) is 37.7 Å². The van der Waals surface area contributed by atoms with Crippen LogP contribution >= 0.6 is 11.9 Å². The molecule has 0 aliphatic heterocycles. The lowest BCUT2D eigenvalue weighted by Crippen LogP contribution is -2.21. The number of carbonyl (C=O) groups excluding carboxylic acids is 2. The van der Waals surface area contributed by atoms with Gasteiger partial charge in [-0.25, -0.2) is 8.78 Å². The molecule has 0 spiro atoms. The number of amides is 1. The fraction of sp³-hybridized carbons (Fsp3) is 0.316. The van der Waals surface area contributed by atoms with Crippen molar-refractivity contribution >= 4 is 30.3 Å². The predicted molar refractivity (Wildman–Crippen MR) is 195 cm³/mol. The maximum atomic E-state index is 13.1. The number of aldehydes is 1. The maximum Gasteiger partial charge on any atom is 0.270 e. The molecule has 0 aliphatic rings. The highest BCUT2D eigenvalue weighted by Gasteiger charge is 2.23. The van der Waals surface area contributed by atoms with Crippen LogP contribution in [0.1, 0.15) is 51.5 Å². The minimum atomic E-state index is -2.80. The van der Waals surface area contributed by atoms with E-state index in [-0.39, 0.29) is 5.56 Å². The van der Waals surface area contributed by atoms with E-state index in [1.807, 2.05) is 86.2 Å². The minimum Gasteiger partial charge on any atom is -0.359 e. The molecule has 0 radical (unpaired) electrons. The summed E-state index contributed by atoms with van der Waals surface area (Å²) in [5, 5.41) is 8.78. The summed E-state index contributed by atoms with van der Waals surface area (Å²) in [5.74, 6) is -2.80. The molecule has 4 rings (SSSR count). The van der Waals surface area contributed by atoms with Gasteiger partial charge >= 0.3 is 0 Å². The smallest absolute Gasteiger partial charge is 0.270 e. The van der Waals surface area contributed by atoms with Crippen molar-refractivity contribution in [3.05, 3.63) is 137 Å². The van der Waals surface area contributed by atoms with Gasteiger partial charge in [-0.1, -0.05) is 96.4 Å². The molecule has 254 valence electrons. The largest absolute Gasteiger partial charge is 0.359 e. The minimum absolute atomic E-state index is 0.0319. The zero-order valence-electron chi connectivity index (χ0n) is 28.4. The number of carbonyl (C=O) groups is 2. The average Bonchev–Trinajstić information content (AvgIpc) is 3.07. The van der Waals surface area contributed by atoms with Gasteiger partial charge in [0.05, 0.1) is 0 Å². The Bertz CT molecular complexity index is 1400. The number of halogens is 2. The summed E-state index contributed by atoms with van der Waals surface area (Å²) in [5.41, 5.74) is 6.43. The first kappa shape index (κ1) is 41.0. The van der Waals surface area contributed by atoms with Crippen molar-refractivity contribution in [3.63, 3.8) is 0 Å². The van der Waals surface area contributed by atoms with E-state index < -0.39 is 5.92 Å². The van der Waals surface area contributed by atoms with Gasteiger partial charge in [0, 0.05) is 56.7 Å². The SMILES string of the molecule is CC(F)(F)c1cccc(CNCCCNC=O)c1.CNCc1ccccc1.CSN(C)c1cc(C)cc(C=O)c1.Cc1ccccc1. The number of alkyl halides is 2. The van der Waals surface area contributed by atoms with Crippen LogP contribution in [0.3, 0.4) is 0 Å². The molecule has 0 fully saturated rings. The Labute approximate surface area is 284 Å².